The summed E-state index contributed by atoms with van der Waals surface area (Å²) in [4.78, 5) is 26.2. The summed E-state index contributed by atoms with van der Waals surface area (Å²) < 4.78 is 6.34. The number of aromatic nitrogens is 2. The van der Waals surface area contributed by atoms with E-state index in [4.69, 9.17) is 4.74 Å². The monoisotopic (exact) mass is 474 g/mol. The molecule has 1 atom stereocenters. The van der Waals surface area contributed by atoms with Crippen LogP contribution < -0.4 is 20.4 Å². The van der Waals surface area contributed by atoms with Crippen molar-refractivity contribution in [2.75, 3.05) is 55.4 Å². The van der Waals surface area contributed by atoms with Gasteiger partial charge in [-0.1, -0.05) is 42.5 Å². The zero-order valence-electron chi connectivity index (χ0n) is 20.7. The number of carbonyl (C=O) groups is 1. The van der Waals surface area contributed by atoms with Gasteiger partial charge in [0.1, 0.15) is 11.4 Å². The van der Waals surface area contributed by atoms with Gasteiger partial charge in [-0.25, -0.2) is 4.98 Å². The van der Waals surface area contributed by atoms with Crippen molar-refractivity contribution < 1.29 is 9.53 Å². The van der Waals surface area contributed by atoms with E-state index in [-0.39, 0.29) is 12.0 Å². The molecule has 0 bridgehead atoms. The lowest BCUT2D eigenvalue weighted by Crippen LogP contribution is -2.33. The Morgan fingerprint density at radius 3 is 2.71 bits per heavy atom. The van der Waals surface area contributed by atoms with Crippen LogP contribution in [0.2, 0.25) is 0 Å². The van der Waals surface area contributed by atoms with Crippen molar-refractivity contribution in [1.29, 1.82) is 0 Å². The Hall–Kier alpha value is -3.49. The van der Waals surface area contributed by atoms with Crippen molar-refractivity contribution in [3.8, 4) is 0 Å². The molecule has 184 valence electrons. The molecule has 0 saturated heterocycles. The molecule has 3 aromatic rings. The predicted octanol–water partition coefficient (Wildman–Crippen LogP) is 3.87. The van der Waals surface area contributed by atoms with Crippen molar-refractivity contribution >= 4 is 23.4 Å². The number of likely N-dealkylation sites (N-methyl/N-ethyl adjacent to an activating group) is 1. The molecule has 0 radical (unpaired) electrons. The Bertz CT molecular complexity index is 1120. The number of anilines is 3. The molecule has 4 rings (SSSR count). The number of amides is 1. The molecular weight excluding hydrogens is 440 g/mol. The van der Waals surface area contributed by atoms with Crippen molar-refractivity contribution in [2.24, 2.45) is 0 Å². The predicted molar refractivity (Wildman–Crippen MR) is 140 cm³/mol. The third kappa shape index (κ3) is 5.96. The maximum Gasteiger partial charge on any atom is 0.263 e. The summed E-state index contributed by atoms with van der Waals surface area (Å²) in [5, 5.41) is 6.33. The minimum absolute atomic E-state index is 0.00396. The van der Waals surface area contributed by atoms with Gasteiger partial charge in [0.05, 0.1) is 12.7 Å². The van der Waals surface area contributed by atoms with E-state index in [1.807, 2.05) is 68.4 Å². The van der Waals surface area contributed by atoms with Gasteiger partial charge in [-0.2, -0.15) is 4.98 Å². The first-order valence-corrected chi connectivity index (χ1v) is 12.1. The summed E-state index contributed by atoms with van der Waals surface area (Å²) in [5.41, 5.74) is 3.54. The highest BCUT2D eigenvalue weighted by Gasteiger charge is 2.28. The van der Waals surface area contributed by atoms with E-state index < -0.39 is 0 Å². The van der Waals surface area contributed by atoms with Crippen molar-refractivity contribution in [3.63, 3.8) is 0 Å². The molecule has 0 aliphatic carbocycles. The summed E-state index contributed by atoms with van der Waals surface area (Å²) in [6, 6.07) is 18.3. The minimum Gasteiger partial charge on any atom is -0.369 e. The number of hydrogen-bond acceptors (Lipinski definition) is 7. The third-order valence-corrected chi connectivity index (χ3v) is 6.10. The highest BCUT2D eigenvalue weighted by Crippen LogP contribution is 2.28. The van der Waals surface area contributed by atoms with Gasteiger partial charge in [0.15, 0.2) is 0 Å². The fraction of sp³-hybridized carbons (Fsp3) is 0.370. The van der Waals surface area contributed by atoms with Crippen LogP contribution in [0.5, 0.6) is 0 Å². The van der Waals surface area contributed by atoms with Gasteiger partial charge in [0.2, 0.25) is 5.95 Å². The van der Waals surface area contributed by atoms with Gasteiger partial charge < -0.3 is 25.2 Å². The number of ether oxygens (including phenoxy) is 1. The molecule has 2 N–H and O–H groups in total. The molecule has 2 aromatic carbocycles. The topological polar surface area (TPSA) is 82.6 Å². The van der Waals surface area contributed by atoms with E-state index in [0.29, 0.717) is 37.0 Å². The van der Waals surface area contributed by atoms with Crippen LogP contribution in [0, 0.1) is 0 Å². The summed E-state index contributed by atoms with van der Waals surface area (Å²) in [6.45, 7) is 5.27. The molecule has 1 aromatic heterocycles. The van der Waals surface area contributed by atoms with Crippen LogP contribution in [0.4, 0.5) is 17.5 Å². The van der Waals surface area contributed by atoms with E-state index in [1.54, 1.807) is 11.1 Å². The van der Waals surface area contributed by atoms with Crippen LogP contribution in [0.3, 0.4) is 0 Å². The van der Waals surface area contributed by atoms with E-state index in [1.165, 1.54) is 0 Å². The minimum atomic E-state index is -0.0957. The summed E-state index contributed by atoms with van der Waals surface area (Å²) in [7, 11) is 3.91. The van der Waals surface area contributed by atoms with Crippen LogP contribution >= 0.6 is 0 Å². The zero-order chi connectivity index (χ0) is 24.6. The summed E-state index contributed by atoms with van der Waals surface area (Å²) >= 11 is 0. The maximum atomic E-state index is 13.5. The second-order valence-electron chi connectivity index (χ2n) is 8.61. The van der Waals surface area contributed by atoms with Gasteiger partial charge in [0.25, 0.3) is 5.91 Å². The lowest BCUT2D eigenvalue weighted by atomic mass is 10.1. The van der Waals surface area contributed by atoms with Crippen molar-refractivity contribution in [1.82, 2.24) is 15.3 Å². The zero-order valence-corrected chi connectivity index (χ0v) is 20.7. The molecule has 8 heteroatoms. The molecule has 1 aliphatic heterocycles. The van der Waals surface area contributed by atoms with Crippen LogP contribution in [0.15, 0.2) is 60.8 Å². The fourth-order valence-corrected chi connectivity index (χ4v) is 4.21. The average molecular weight is 475 g/mol. The van der Waals surface area contributed by atoms with Gasteiger partial charge in [0, 0.05) is 38.6 Å². The molecule has 1 amide bonds. The number of carbonyl (C=O) groups excluding carboxylic acids is 1. The van der Waals surface area contributed by atoms with Crippen molar-refractivity contribution in [2.45, 2.75) is 26.1 Å². The maximum absolute atomic E-state index is 13.5. The lowest BCUT2D eigenvalue weighted by molar-refractivity contribution is 0.0344. The number of hydrogen-bond donors (Lipinski definition) is 2. The Kier molecular flexibility index (Phi) is 8.28. The second kappa shape index (κ2) is 11.8. The highest BCUT2D eigenvalue weighted by molar-refractivity contribution is 6.09. The first-order valence-electron chi connectivity index (χ1n) is 12.1. The first kappa shape index (κ1) is 24.6. The molecule has 35 heavy (non-hydrogen) atoms. The fourth-order valence-electron chi connectivity index (χ4n) is 4.21. The summed E-state index contributed by atoms with van der Waals surface area (Å²) in [5.74, 6) is 1.09. The third-order valence-electron chi connectivity index (χ3n) is 6.10. The highest BCUT2D eigenvalue weighted by atomic mass is 16.5. The van der Waals surface area contributed by atoms with Crippen LogP contribution in [0.25, 0.3) is 0 Å². The molecule has 0 spiro atoms. The smallest absolute Gasteiger partial charge is 0.263 e. The van der Waals surface area contributed by atoms with Crippen LogP contribution in [-0.4, -0.2) is 56.1 Å². The van der Waals surface area contributed by atoms with Gasteiger partial charge in [-0.05, 0) is 50.2 Å². The van der Waals surface area contributed by atoms with E-state index in [0.717, 1.165) is 36.3 Å². The molecule has 8 nitrogen and oxygen atoms in total. The molecule has 1 aliphatic rings. The molecular formula is C27H34N6O2. The Balaban J connectivity index is 1.52. The number of fused-ring (bicyclic) bond motifs is 1. The molecule has 0 unspecified atom stereocenters. The number of nitrogens with one attached hydrogen (secondary N) is 2. The Morgan fingerprint density at radius 1 is 1.11 bits per heavy atom. The Labute approximate surface area is 207 Å². The Morgan fingerprint density at radius 2 is 1.94 bits per heavy atom. The van der Waals surface area contributed by atoms with Crippen LogP contribution in [0.1, 0.15) is 40.9 Å². The lowest BCUT2D eigenvalue weighted by Gasteiger charge is -2.22. The van der Waals surface area contributed by atoms with Crippen LogP contribution in [-0.2, 0) is 11.3 Å². The van der Waals surface area contributed by atoms with E-state index in [9.17, 15) is 4.79 Å². The first-order chi connectivity index (χ1) is 17.1. The summed E-state index contributed by atoms with van der Waals surface area (Å²) in [6.07, 6.45) is 2.50. The number of nitrogens with zero attached hydrogens (tertiary/aromatic N) is 4. The quantitative estimate of drug-likeness (QED) is 0.462. The van der Waals surface area contributed by atoms with Gasteiger partial charge >= 0.3 is 0 Å². The molecule has 0 fully saturated rings. The van der Waals surface area contributed by atoms with E-state index in [2.05, 4.69) is 32.7 Å². The van der Waals surface area contributed by atoms with Gasteiger partial charge in [-0.15, -0.1) is 0 Å². The number of benzene rings is 2. The van der Waals surface area contributed by atoms with Crippen molar-refractivity contribution in [3.05, 3.63) is 77.5 Å². The average Bonchev–Trinajstić information content (AvgIpc) is 3.01. The standard InChI is InChI=1S/C27H34N6O2/c1-4-29-27-30-18-23-25(31-27)32(3)15-16-33(26(23)34)22-12-8-9-20(17-22)19-35-24(13-14-28-2)21-10-6-5-7-11-21/h5-12,17-18,24,28H,4,13-16,19H2,1-3H3,(H,29,30,31)/t24-/m1/s1. The van der Waals surface area contributed by atoms with Gasteiger partial charge in [-0.3, -0.25) is 4.79 Å². The normalized spacial score (nSPS) is 14.4. The number of rotatable bonds is 10. The van der Waals surface area contributed by atoms with E-state index >= 15 is 0 Å². The molecule has 2 heterocycles. The second-order valence-corrected chi connectivity index (χ2v) is 8.61. The molecule has 0 saturated carbocycles. The largest absolute Gasteiger partial charge is 0.369 e. The SMILES string of the molecule is CCNc1ncc2c(n1)N(C)CCN(c1cccc(CO[C@H](CCNC)c3ccccc3)c1)C2=O.